The van der Waals surface area contributed by atoms with E-state index in [0.29, 0.717) is 5.41 Å². The van der Waals surface area contributed by atoms with E-state index in [1.807, 2.05) is 0 Å². The van der Waals surface area contributed by atoms with Crippen LogP contribution < -0.4 is 0 Å². The molecule has 1 heteroatoms. The summed E-state index contributed by atoms with van der Waals surface area (Å²) in [4.78, 5) is 0. The van der Waals surface area contributed by atoms with Gasteiger partial charge >= 0.3 is 0 Å². The van der Waals surface area contributed by atoms with E-state index in [-0.39, 0.29) is 0 Å². The van der Waals surface area contributed by atoms with Crippen LogP contribution in [0.3, 0.4) is 0 Å². The molecule has 1 unspecified atom stereocenters. The summed E-state index contributed by atoms with van der Waals surface area (Å²) in [5.41, 5.74) is 0.559. The van der Waals surface area contributed by atoms with Crippen LogP contribution in [-0.4, -0.2) is 5.33 Å². The minimum Gasteiger partial charge on any atom is -0.0922 e. The van der Waals surface area contributed by atoms with Crippen molar-refractivity contribution in [1.82, 2.24) is 0 Å². The van der Waals surface area contributed by atoms with Gasteiger partial charge in [0.15, 0.2) is 0 Å². The van der Waals surface area contributed by atoms with Gasteiger partial charge in [0.25, 0.3) is 0 Å². The smallest absolute Gasteiger partial charge is 0.00853 e. The van der Waals surface area contributed by atoms with Crippen molar-refractivity contribution in [2.45, 2.75) is 59.3 Å². The van der Waals surface area contributed by atoms with Crippen molar-refractivity contribution in [3.05, 3.63) is 0 Å². The lowest BCUT2D eigenvalue weighted by Crippen LogP contribution is -2.17. The summed E-state index contributed by atoms with van der Waals surface area (Å²) in [6.45, 7) is 6.95. The average Bonchev–Trinajstić information content (AvgIpc) is 2.06. The Morgan fingerprint density at radius 2 is 1.67 bits per heavy atom. The fourth-order valence-electron chi connectivity index (χ4n) is 1.66. The fourth-order valence-corrected chi connectivity index (χ4v) is 2.22. The molecule has 0 aromatic rings. The Balaban J connectivity index is 3.63. The van der Waals surface area contributed by atoms with Crippen molar-refractivity contribution in [2.24, 2.45) is 5.41 Å². The zero-order chi connectivity index (χ0) is 9.45. The van der Waals surface area contributed by atoms with Crippen LogP contribution in [0.5, 0.6) is 0 Å². The molecular formula is C11H23Br. The topological polar surface area (TPSA) is 0 Å². The highest BCUT2D eigenvalue weighted by Crippen LogP contribution is 2.31. The monoisotopic (exact) mass is 234 g/mol. The van der Waals surface area contributed by atoms with E-state index in [1.165, 1.54) is 38.5 Å². The molecule has 0 N–H and O–H groups in total. The van der Waals surface area contributed by atoms with Crippen LogP contribution in [0.25, 0.3) is 0 Å². The molecule has 0 fully saturated rings. The molecule has 0 saturated carbocycles. The molecule has 0 spiro atoms. The SMILES string of the molecule is CCCCCC(C)(CBr)CCC. The largest absolute Gasteiger partial charge is 0.0922 e. The predicted octanol–water partition coefficient (Wildman–Crippen LogP) is 4.77. The van der Waals surface area contributed by atoms with Crippen LogP contribution in [0, 0.1) is 5.41 Å². The molecule has 0 aromatic carbocycles. The summed E-state index contributed by atoms with van der Waals surface area (Å²) in [6.07, 6.45) is 8.20. The first-order valence-corrected chi connectivity index (χ1v) is 6.36. The standard InChI is InChI=1S/C11H23Br/c1-4-6-7-9-11(3,10-12)8-5-2/h4-10H2,1-3H3. The molecule has 0 radical (unpaired) electrons. The lowest BCUT2D eigenvalue weighted by atomic mass is 9.83. The van der Waals surface area contributed by atoms with Gasteiger partial charge in [0, 0.05) is 5.33 Å². The Hall–Kier alpha value is 0.480. The Morgan fingerprint density at radius 1 is 1.00 bits per heavy atom. The summed E-state index contributed by atoms with van der Waals surface area (Å²) in [7, 11) is 0. The molecule has 0 aromatic heterocycles. The quantitative estimate of drug-likeness (QED) is 0.440. The van der Waals surface area contributed by atoms with Crippen molar-refractivity contribution in [2.75, 3.05) is 5.33 Å². The second-order valence-corrected chi connectivity index (χ2v) is 4.71. The van der Waals surface area contributed by atoms with Gasteiger partial charge in [0.2, 0.25) is 0 Å². The highest BCUT2D eigenvalue weighted by molar-refractivity contribution is 9.09. The molecule has 0 aliphatic rings. The van der Waals surface area contributed by atoms with E-state index < -0.39 is 0 Å². The van der Waals surface area contributed by atoms with Crippen LogP contribution >= 0.6 is 15.9 Å². The first-order valence-electron chi connectivity index (χ1n) is 5.24. The number of unbranched alkanes of at least 4 members (excludes halogenated alkanes) is 2. The maximum Gasteiger partial charge on any atom is 0.00853 e. The third kappa shape index (κ3) is 5.18. The minimum atomic E-state index is 0.559. The van der Waals surface area contributed by atoms with E-state index in [0.717, 1.165) is 5.33 Å². The number of hydrogen-bond donors (Lipinski definition) is 0. The Labute approximate surface area is 86.3 Å². The summed E-state index contributed by atoms with van der Waals surface area (Å²) in [5.74, 6) is 0. The van der Waals surface area contributed by atoms with E-state index in [4.69, 9.17) is 0 Å². The van der Waals surface area contributed by atoms with Gasteiger partial charge in [-0.05, 0) is 18.3 Å². The second kappa shape index (κ2) is 6.94. The van der Waals surface area contributed by atoms with Crippen molar-refractivity contribution in [3.8, 4) is 0 Å². The molecule has 0 bridgehead atoms. The number of rotatable bonds is 7. The molecule has 0 rings (SSSR count). The summed E-state index contributed by atoms with van der Waals surface area (Å²) in [5, 5.41) is 1.16. The van der Waals surface area contributed by atoms with Crippen LogP contribution in [0.2, 0.25) is 0 Å². The molecule has 0 aliphatic heterocycles. The first-order chi connectivity index (χ1) is 5.68. The van der Waals surface area contributed by atoms with Gasteiger partial charge in [-0.25, -0.2) is 0 Å². The van der Waals surface area contributed by atoms with E-state index in [2.05, 4.69) is 36.7 Å². The minimum absolute atomic E-state index is 0.559. The molecule has 74 valence electrons. The van der Waals surface area contributed by atoms with Crippen LogP contribution in [0.15, 0.2) is 0 Å². The molecular weight excluding hydrogens is 212 g/mol. The van der Waals surface area contributed by atoms with Crippen molar-refractivity contribution >= 4 is 15.9 Å². The van der Waals surface area contributed by atoms with Gasteiger partial charge in [-0.15, -0.1) is 0 Å². The summed E-state index contributed by atoms with van der Waals surface area (Å²) < 4.78 is 0. The summed E-state index contributed by atoms with van der Waals surface area (Å²) >= 11 is 3.63. The van der Waals surface area contributed by atoms with Crippen molar-refractivity contribution in [3.63, 3.8) is 0 Å². The van der Waals surface area contributed by atoms with Gasteiger partial charge in [0.05, 0.1) is 0 Å². The lowest BCUT2D eigenvalue weighted by molar-refractivity contribution is 0.302. The molecule has 0 amide bonds. The Kier molecular flexibility index (Phi) is 7.22. The number of hydrogen-bond acceptors (Lipinski definition) is 0. The maximum atomic E-state index is 3.63. The molecule has 1 atom stereocenters. The highest BCUT2D eigenvalue weighted by atomic mass is 79.9. The predicted molar refractivity (Wildman–Crippen MR) is 61.0 cm³/mol. The van der Waals surface area contributed by atoms with Gasteiger partial charge in [0.1, 0.15) is 0 Å². The first kappa shape index (κ1) is 12.5. The fraction of sp³-hybridized carbons (Fsp3) is 1.00. The van der Waals surface area contributed by atoms with Crippen molar-refractivity contribution in [1.29, 1.82) is 0 Å². The number of halogens is 1. The normalized spacial score (nSPS) is 16.0. The van der Waals surface area contributed by atoms with E-state index >= 15 is 0 Å². The lowest BCUT2D eigenvalue weighted by Gasteiger charge is -2.26. The Morgan fingerprint density at radius 3 is 2.08 bits per heavy atom. The van der Waals surface area contributed by atoms with E-state index in [1.54, 1.807) is 0 Å². The zero-order valence-electron chi connectivity index (χ0n) is 8.83. The van der Waals surface area contributed by atoms with Gasteiger partial charge in [-0.3, -0.25) is 0 Å². The third-order valence-corrected chi connectivity index (χ3v) is 3.91. The number of alkyl halides is 1. The third-order valence-electron chi connectivity index (χ3n) is 2.56. The van der Waals surface area contributed by atoms with Gasteiger partial charge in [-0.1, -0.05) is 62.4 Å². The van der Waals surface area contributed by atoms with E-state index in [9.17, 15) is 0 Å². The molecule has 12 heavy (non-hydrogen) atoms. The second-order valence-electron chi connectivity index (χ2n) is 4.15. The zero-order valence-corrected chi connectivity index (χ0v) is 10.4. The highest BCUT2D eigenvalue weighted by Gasteiger charge is 2.20. The molecule has 0 heterocycles. The van der Waals surface area contributed by atoms with Gasteiger partial charge < -0.3 is 0 Å². The molecule has 0 saturated heterocycles. The van der Waals surface area contributed by atoms with Crippen LogP contribution in [0.4, 0.5) is 0 Å². The van der Waals surface area contributed by atoms with Gasteiger partial charge in [-0.2, -0.15) is 0 Å². The maximum absolute atomic E-state index is 3.63. The summed E-state index contributed by atoms with van der Waals surface area (Å²) in [6, 6.07) is 0. The Bertz CT molecular complexity index is 101. The average molecular weight is 235 g/mol. The molecule has 0 nitrogen and oxygen atoms in total. The molecule has 0 aliphatic carbocycles. The van der Waals surface area contributed by atoms with Crippen molar-refractivity contribution < 1.29 is 0 Å². The van der Waals surface area contributed by atoms with Crippen LogP contribution in [-0.2, 0) is 0 Å². The van der Waals surface area contributed by atoms with Crippen LogP contribution in [0.1, 0.15) is 59.3 Å².